The summed E-state index contributed by atoms with van der Waals surface area (Å²) in [5.41, 5.74) is 0.532. The second-order valence-electron chi connectivity index (χ2n) is 5.75. The van der Waals surface area contributed by atoms with Crippen LogP contribution in [0, 0.1) is 5.92 Å². The van der Waals surface area contributed by atoms with Gasteiger partial charge in [-0.25, -0.2) is 4.79 Å². The average molecular weight is 284 g/mol. The number of carbonyl (C=O) groups excluding carboxylic acids is 2. The normalized spacial score (nSPS) is 20.5. The lowest BCUT2D eigenvalue weighted by Gasteiger charge is -2.10. The molecule has 0 amide bonds. The lowest BCUT2D eigenvalue weighted by atomic mass is 9.98. The molecule has 5 heteroatoms. The molecule has 0 saturated carbocycles. The number of aliphatic hydroxyl groups excluding tert-OH is 2. The van der Waals surface area contributed by atoms with E-state index in [1.807, 2.05) is 13.8 Å². The Morgan fingerprint density at radius 3 is 2.50 bits per heavy atom. The molecular formula is C15H24O5. The summed E-state index contributed by atoms with van der Waals surface area (Å²) in [6.45, 7) is 5.59. The van der Waals surface area contributed by atoms with Crippen LogP contribution in [0.3, 0.4) is 0 Å². The van der Waals surface area contributed by atoms with Gasteiger partial charge in [0.25, 0.3) is 0 Å². The summed E-state index contributed by atoms with van der Waals surface area (Å²) < 4.78 is 4.62. The highest BCUT2D eigenvalue weighted by Gasteiger charge is 2.33. The van der Waals surface area contributed by atoms with Crippen LogP contribution in [0.4, 0.5) is 0 Å². The van der Waals surface area contributed by atoms with E-state index in [-0.39, 0.29) is 11.4 Å². The van der Waals surface area contributed by atoms with Gasteiger partial charge in [-0.1, -0.05) is 20.3 Å². The first kappa shape index (κ1) is 16.9. The zero-order valence-corrected chi connectivity index (χ0v) is 12.4. The van der Waals surface area contributed by atoms with E-state index >= 15 is 0 Å². The lowest BCUT2D eigenvalue weighted by Crippen LogP contribution is -2.16. The standard InChI is InChI=1S/C15H24O5/c1-9(2)8-11(16)6-4-5-7-12(17)13-10(3)14(18)20-15(13)19/h9,12,14,17-18H,4-8H2,1-3H3/t12-,14?/m1/s1. The summed E-state index contributed by atoms with van der Waals surface area (Å²) in [7, 11) is 0. The molecule has 0 aromatic heterocycles. The lowest BCUT2D eigenvalue weighted by molar-refractivity contribution is -0.152. The molecule has 0 saturated heterocycles. The van der Waals surface area contributed by atoms with Crippen molar-refractivity contribution in [2.75, 3.05) is 0 Å². The SMILES string of the molecule is CC1=C([C@H](O)CCCCC(=O)CC(C)C)C(=O)OC1O. The number of esters is 1. The van der Waals surface area contributed by atoms with Crippen LogP contribution in [0.5, 0.6) is 0 Å². The van der Waals surface area contributed by atoms with Crippen LogP contribution in [0.15, 0.2) is 11.1 Å². The second-order valence-corrected chi connectivity index (χ2v) is 5.75. The Hall–Kier alpha value is -1.20. The quantitative estimate of drug-likeness (QED) is 0.523. The predicted octanol–water partition coefficient (Wildman–Crippen LogP) is 1.71. The van der Waals surface area contributed by atoms with Crippen LogP contribution in [0.25, 0.3) is 0 Å². The number of ketones is 1. The molecule has 2 N–H and O–H groups in total. The molecule has 0 bridgehead atoms. The number of aliphatic hydroxyl groups is 2. The van der Waals surface area contributed by atoms with Gasteiger partial charge in [0, 0.05) is 18.4 Å². The summed E-state index contributed by atoms with van der Waals surface area (Å²) in [5.74, 6) is -0.0467. The third-order valence-electron chi connectivity index (χ3n) is 3.39. The summed E-state index contributed by atoms with van der Waals surface area (Å²) in [6, 6.07) is 0. The summed E-state index contributed by atoms with van der Waals surface area (Å²) in [4.78, 5) is 23.0. The van der Waals surface area contributed by atoms with Crippen LogP contribution in [0.2, 0.25) is 0 Å². The van der Waals surface area contributed by atoms with Crippen LogP contribution in [-0.2, 0) is 14.3 Å². The summed E-state index contributed by atoms with van der Waals surface area (Å²) >= 11 is 0. The molecule has 114 valence electrons. The van der Waals surface area contributed by atoms with E-state index < -0.39 is 18.4 Å². The molecule has 0 spiro atoms. The van der Waals surface area contributed by atoms with Gasteiger partial charge in [-0.2, -0.15) is 0 Å². The first-order valence-electron chi connectivity index (χ1n) is 7.12. The Kier molecular flexibility index (Phi) is 6.36. The molecule has 0 aliphatic carbocycles. The largest absolute Gasteiger partial charge is 0.428 e. The van der Waals surface area contributed by atoms with Gasteiger partial charge in [-0.3, -0.25) is 4.79 Å². The van der Waals surface area contributed by atoms with Gasteiger partial charge in [0.15, 0.2) is 0 Å². The van der Waals surface area contributed by atoms with Crippen molar-refractivity contribution >= 4 is 11.8 Å². The van der Waals surface area contributed by atoms with Crippen molar-refractivity contribution < 1.29 is 24.5 Å². The summed E-state index contributed by atoms with van der Waals surface area (Å²) in [5, 5.41) is 19.3. The Balaban J connectivity index is 2.32. The van der Waals surface area contributed by atoms with Crippen molar-refractivity contribution in [2.45, 2.75) is 65.3 Å². The Morgan fingerprint density at radius 2 is 2.00 bits per heavy atom. The van der Waals surface area contributed by atoms with Gasteiger partial charge < -0.3 is 14.9 Å². The fraction of sp³-hybridized carbons (Fsp3) is 0.733. The van der Waals surface area contributed by atoms with Crippen molar-refractivity contribution in [3.8, 4) is 0 Å². The van der Waals surface area contributed by atoms with E-state index in [1.165, 1.54) is 0 Å². The molecule has 1 aliphatic heterocycles. The third-order valence-corrected chi connectivity index (χ3v) is 3.39. The van der Waals surface area contributed by atoms with Gasteiger partial charge in [0.1, 0.15) is 5.78 Å². The van der Waals surface area contributed by atoms with Crippen LogP contribution in [0.1, 0.15) is 52.9 Å². The zero-order valence-electron chi connectivity index (χ0n) is 12.4. The van der Waals surface area contributed by atoms with Gasteiger partial charge in [-0.05, 0) is 25.7 Å². The molecule has 1 rings (SSSR count). The molecule has 0 aromatic carbocycles. The van der Waals surface area contributed by atoms with Crippen LogP contribution >= 0.6 is 0 Å². The fourth-order valence-electron chi connectivity index (χ4n) is 2.31. The monoisotopic (exact) mass is 284 g/mol. The highest BCUT2D eigenvalue weighted by molar-refractivity contribution is 5.93. The number of rotatable bonds is 8. The highest BCUT2D eigenvalue weighted by Crippen LogP contribution is 2.25. The van der Waals surface area contributed by atoms with Crippen molar-refractivity contribution in [3.63, 3.8) is 0 Å². The van der Waals surface area contributed by atoms with Gasteiger partial charge in [-0.15, -0.1) is 0 Å². The molecule has 5 nitrogen and oxygen atoms in total. The topological polar surface area (TPSA) is 83.8 Å². The first-order valence-corrected chi connectivity index (χ1v) is 7.12. The Labute approximate surface area is 119 Å². The number of hydrogen-bond acceptors (Lipinski definition) is 5. The van der Waals surface area contributed by atoms with E-state index in [2.05, 4.69) is 4.74 Å². The van der Waals surface area contributed by atoms with E-state index in [0.717, 1.165) is 0 Å². The van der Waals surface area contributed by atoms with Crippen LogP contribution in [-0.4, -0.2) is 34.4 Å². The number of Topliss-reactive ketones (excluding diaryl/α,β-unsaturated/α-hetero) is 1. The minimum absolute atomic E-state index is 0.158. The molecule has 0 aromatic rings. The average Bonchev–Trinajstić information content (AvgIpc) is 2.58. The molecule has 1 unspecified atom stereocenters. The molecule has 1 heterocycles. The Bertz CT molecular complexity index is 397. The van der Waals surface area contributed by atoms with Crippen LogP contribution < -0.4 is 0 Å². The predicted molar refractivity (Wildman–Crippen MR) is 73.7 cm³/mol. The number of unbranched alkanes of at least 4 members (excludes halogenated alkanes) is 1. The zero-order chi connectivity index (χ0) is 15.3. The first-order chi connectivity index (χ1) is 9.32. The molecule has 0 radical (unpaired) electrons. The van der Waals surface area contributed by atoms with Crippen molar-refractivity contribution in [1.29, 1.82) is 0 Å². The van der Waals surface area contributed by atoms with E-state index in [9.17, 15) is 19.8 Å². The van der Waals surface area contributed by atoms with Gasteiger partial charge >= 0.3 is 5.97 Å². The summed E-state index contributed by atoms with van der Waals surface area (Å²) in [6.07, 6.45) is 0.683. The fourth-order valence-corrected chi connectivity index (χ4v) is 2.31. The number of cyclic esters (lactones) is 1. The van der Waals surface area contributed by atoms with Crippen molar-refractivity contribution in [3.05, 3.63) is 11.1 Å². The maximum atomic E-state index is 11.5. The second kappa shape index (κ2) is 7.55. The molecule has 2 atom stereocenters. The highest BCUT2D eigenvalue weighted by atomic mass is 16.6. The van der Waals surface area contributed by atoms with E-state index in [4.69, 9.17) is 0 Å². The number of ether oxygens (including phenoxy) is 1. The van der Waals surface area contributed by atoms with Crippen molar-refractivity contribution in [1.82, 2.24) is 0 Å². The molecular weight excluding hydrogens is 260 g/mol. The van der Waals surface area contributed by atoms with Crippen molar-refractivity contribution in [2.24, 2.45) is 5.92 Å². The third kappa shape index (κ3) is 4.72. The van der Waals surface area contributed by atoms with E-state index in [0.29, 0.717) is 43.6 Å². The minimum atomic E-state index is -1.24. The molecule has 20 heavy (non-hydrogen) atoms. The van der Waals surface area contributed by atoms with Gasteiger partial charge in [0.05, 0.1) is 11.7 Å². The maximum Gasteiger partial charge on any atom is 0.339 e. The number of carbonyl (C=O) groups is 2. The smallest absolute Gasteiger partial charge is 0.339 e. The minimum Gasteiger partial charge on any atom is -0.428 e. The van der Waals surface area contributed by atoms with E-state index in [1.54, 1.807) is 6.92 Å². The molecule has 0 fully saturated rings. The maximum absolute atomic E-state index is 11.5. The van der Waals surface area contributed by atoms with Gasteiger partial charge in [0.2, 0.25) is 6.29 Å². The molecule has 1 aliphatic rings. The number of hydrogen-bond donors (Lipinski definition) is 2. The Morgan fingerprint density at radius 1 is 1.35 bits per heavy atom.